The quantitative estimate of drug-likeness (QED) is 0.175. The third-order valence-corrected chi connectivity index (χ3v) is 12.2. The maximum absolute atomic E-state index is 6.64. The largest absolute Gasteiger partial charge is 0.457 e. The van der Waals surface area contributed by atoms with Crippen LogP contribution >= 0.6 is 0 Å². The van der Waals surface area contributed by atoms with Crippen LogP contribution in [0.25, 0.3) is 78.2 Å². The topological polar surface area (TPSA) is 47.9 Å². The first-order valence-corrected chi connectivity index (χ1v) is 20.3. The highest BCUT2D eigenvalue weighted by molar-refractivity contribution is 5.97. The summed E-state index contributed by atoms with van der Waals surface area (Å²) in [6.45, 7) is 0. The Morgan fingerprint density at radius 2 is 0.883 bits per heavy atom. The van der Waals surface area contributed by atoms with Gasteiger partial charge in [-0.25, -0.2) is 9.97 Å². The maximum Gasteiger partial charge on any atom is 0.160 e. The third kappa shape index (κ3) is 5.28. The van der Waals surface area contributed by atoms with Crippen LogP contribution in [0, 0.1) is 0 Å². The van der Waals surface area contributed by atoms with Crippen molar-refractivity contribution in [3.05, 3.63) is 235 Å². The molecule has 60 heavy (non-hydrogen) atoms. The van der Waals surface area contributed by atoms with Crippen molar-refractivity contribution >= 4 is 10.9 Å². The van der Waals surface area contributed by atoms with E-state index in [2.05, 4.69) is 188 Å². The molecule has 0 atom stereocenters. The first kappa shape index (κ1) is 34.1. The molecule has 1 aliphatic carbocycles. The van der Waals surface area contributed by atoms with Gasteiger partial charge in [0.25, 0.3) is 0 Å². The second-order valence-corrected chi connectivity index (χ2v) is 15.5. The number of pyridine rings is 1. The number of ether oxygens (including phenoxy) is 1. The zero-order chi connectivity index (χ0) is 39.6. The van der Waals surface area contributed by atoms with Crippen molar-refractivity contribution in [3.8, 4) is 78.8 Å². The summed E-state index contributed by atoms with van der Waals surface area (Å²) in [6.07, 6.45) is 1.88. The van der Waals surface area contributed by atoms with E-state index in [-0.39, 0.29) is 0 Å². The molecule has 3 heterocycles. The average Bonchev–Trinajstić information content (AvgIpc) is 3.61. The van der Waals surface area contributed by atoms with Gasteiger partial charge in [0, 0.05) is 45.0 Å². The van der Waals surface area contributed by atoms with Crippen molar-refractivity contribution in [2.75, 3.05) is 0 Å². The summed E-state index contributed by atoms with van der Waals surface area (Å²) in [6, 6.07) is 73.0. The molecule has 0 unspecified atom stereocenters. The fourth-order valence-corrected chi connectivity index (χ4v) is 9.52. The van der Waals surface area contributed by atoms with Gasteiger partial charge in [-0.2, -0.15) is 0 Å². The number of hydrogen-bond acceptors (Lipinski definition) is 4. The smallest absolute Gasteiger partial charge is 0.160 e. The minimum absolute atomic E-state index is 0.578. The molecule has 280 valence electrons. The van der Waals surface area contributed by atoms with Crippen LogP contribution in [-0.2, 0) is 5.41 Å². The van der Waals surface area contributed by atoms with Gasteiger partial charge < -0.3 is 4.74 Å². The fraction of sp³-hybridized carbons (Fsp3) is 0.0179. The summed E-state index contributed by atoms with van der Waals surface area (Å²) in [5, 5.41) is 1.12. The Bertz CT molecular complexity index is 3190. The third-order valence-electron chi connectivity index (χ3n) is 12.2. The van der Waals surface area contributed by atoms with Crippen molar-refractivity contribution in [2.45, 2.75) is 5.41 Å². The second kappa shape index (κ2) is 13.6. The molecule has 4 heteroatoms. The van der Waals surface area contributed by atoms with Crippen LogP contribution in [0.1, 0.15) is 22.3 Å². The SMILES string of the molecule is c1ccc(-c2cc(-c3ccccc3)nc(-c3cccc(-c4ccc5c(c4)-c4cc(-c6cccc7cccnc67)ccc4C54c5ccccc5Oc5ccccc54)c3)n2)cc1. The van der Waals surface area contributed by atoms with Gasteiger partial charge in [0.15, 0.2) is 5.82 Å². The molecule has 4 nitrogen and oxygen atoms in total. The second-order valence-electron chi connectivity index (χ2n) is 15.5. The monoisotopic (exact) mass is 765 g/mol. The number of benzene rings is 8. The van der Waals surface area contributed by atoms with E-state index in [1.807, 2.05) is 24.4 Å². The predicted molar refractivity (Wildman–Crippen MR) is 242 cm³/mol. The van der Waals surface area contributed by atoms with E-state index in [9.17, 15) is 0 Å². The number of fused-ring (bicyclic) bond motifs is 10. The van der Waals surface area contributed by atoms with Gasteiger partial charge in [-0.05, 0) is 81.4 Å². The zero-order valence-electron chi connectivity index (χ0n) is 32.5. The molecule has 0 amide bonds. The van der Waals surface area contributed by atoms with Crippen LogP contribution in [0.2, 0.25) is 0 Å². The van der Waals surface area contributed by atoms with E-state index in [0.717, 1.165) is 83.9 Å². The Balaban J connectivity index is 1.06. The highest BCUT2D eigenvalue weighted by Gasteiger charge is 2.51. The van der Waals surface area contributed by atoms with Gasteiger partial charge >= 0.3 is 0 Å². The molecule has 10 aromatic rings. The molecule has 8 aromatic carbocycles. The van der Waals surface area contributed by atoms with Gasteiger partial charge in [0.05, 0.1) is 22.3 Å². The molecular weight excluding hydrogens is 731 g/mol. The molecule has 1 spiro atoms. The van der Waals surface area contributed by atoms with Gasteiger partial charge in [0.2, 0.25) is 0 Å². The zero-order valence-corrected chi connectivity index (χ0v) is 32.5. The lowest BCUT2D eigenvalue weighted by molar-refractivity contribution is 0.436. The molecule has 0 N–H and O–H groups in total. The summed E-state index contributed by atoms with van der Waals surface area (Å²) >= 11 is 0. The van der Waals surface area contributed by atoms with Gasteiger partial charge in [-0.1, -0.05) is 164 Å². The minimum Gasteiger partial charge on any atom is -0.457 e. The predicted octanol–water partition coefficient (Wildman–Crippen LogP) is 13.8. The van der Waals surface area contributed by atoms with E-state index in [1.165, 1.54) is 22.3 Å². The van der Waals surface area contributed by atoms with Crippen LogP contribution in [0.5, 0.6) is 11.5 Å². The molecule has 0 saturated carbocycles. The molecule has 0 saturated heterocycles. The lowest BCUT2D eigenvalue weighted by Gasteiger charge is -2.39. The normalized spacial score (nSPS) is 12.9. The lowest BCUT2D eigenvalue weighted by atomic mass is 9.66. The molecule has 0 radical (unpaired) electrons. The van der Waals surface area contributed by atoms with Crippen LogP contribution in [0.3, 0.4) is 0 Å². The maximum atomic E-state index is 6.64. The standard InChI is InChI=1S/C56H35N3O/c1-3-14-36(15-4-1)50-35-51(37-16-5-2-6-17-37)59-55(58-50)42-20-11-19-39(32-42)40-27-29-46-44(33-40)45-34-41(43-22-12-18-38-21-13-31-57-54(38)43)28-30-47(45)56(46)48-23-7-9-25-52(48)60-53-26-10-8-24-49(53)56/h1-35H. The Hall–Kier alpha value is -7.95. The van der Waals surface area contributed by atoms with Crippen molar-refractivity contribution in [3.63, 3.8) is 0 Å². The fourth-order valence-electron chi connectivity index (χ4n) is 9.52. The summed E-state index contributed by atoms with van der Waals surface area (Å²) in [7, 11) is 0. The molecule has 12 rings (SSSR count). The molecule has 2 aliphatic rings. The summed E-state index contributed by atoms with van der Waals surface area (Å²) in [4.78, 5) is 15.2. The number of hydrogen-bond donors (Lipinski definition) is 0. The summed E-state index contributed by atoms with van der Waals surface area (Å²) in [5.74, 6) is 2.44. The minimum atomic E-state index is -0.578. The number of nitrogens with zero attached hydrogens (tertiary/aromatic N) is 3. The van der Waals surface area contributed by atoms with Gasteiger partial charge in [-0.15, -0.1) is 0 Å². The van der Waals surface area contributed by atoms with E-state index < -0.39 is 5.41 Å². The van der Waals surface area contributed by atoms with E-state index >= 15 is 0 Å². The Morgan fingerprint density at radius 3 is 1.57 bits per heavy atom. The highest BCUT2D eigenvalue weighted by atomic mass is 16.5. The van der Waals surface area contributed by atoms with E-state index in [1.54, 1.807) is 0 Å². The van der Waals surface area contributed by atoms with Gasteiger partial charge in [0.1, 0.15) is 11.5 Å². The molecule has 0 bridgehead atoms. The van der Waals surface area contributed by atoms with Crippen LogP contribution in [-0.4, -0.2) is 15.0 Å². The first-order chi connectivity index (χ1) is 29.7. The van der Waals surface area contributed by atoms with Crippen molar-refractivity contribution < 1.29 is 4.74 Å². The van der Waals surface area contributed by atoms with Gasteiger partial charge in [-0.3, -0.25) is 4.98 Å². The Labute approximate surface area is 348 Å². The number of rotatable bonds is 5. The summed E-state index contributed by atoms with van der Waals surface area (Å²) in [5.41, 5.74) is 16.9. The molecular formula is C56H35N3O. The highest BCUT2D eigenvalue weighted by Crippen LogP contribution is 2.62. The Morgan fingerprint density at radius 1 is 0.350 bits per heavy atom. The molecule has 2 aromatic heterocycles. The number of para-hydroxylation sites is 3. The number of aromatic nitrogens is 3. The Kier molecular flexibility index (Phi) is 7.72. The van der Waals surface area contributed by atoms with E-state index in [0.29, 0.717) is 5.82 Å². The van der Waals surface area contributed by atoms with Crippen LogP contribution < -0.4 is 4.74 Å². The first-order valence-electron chi connectivity index (χ1n) is 20.3. The molecule has 1 aliphatic heterocycles. The average molecular weight is 766 g/mol. The van der Waals surface area contributed by atoms with Crippen molar-refractivity contribution in [1.29, 1.82) is 0 Å². The van der Waals surface area contributed by atoms with Crippen molar-refractivity contribution in [2.24, 2.45) is 0 Å². The summed E-state index contributed by atoms with van der Waals surface area (Å²) < 4.78 is 6.64. The van der Waals surface area contributed by atoms with E-state index in [4.69, 9.17) is 19.7 Å². The van der Waals surface area contributed by atoms with Crippen molar-refractivity contribution in [1.82, 2.24) is 15.0 Å². The molecule has 0 fully saturated rings. The van der Waals surface area contributed by atoms with Crippen LogP contribution in [0.4, 0.5) is 0 Å². The van der Waals surface area contributed by atoms with Crippen LogP contribution in [0.15, 0.2) is 212 Å². The lowest BCUT2D eigenvalue weighted by Crippen LogP contribution is -2.32.